The number of nitrogens with zero attached hydrogens (tertiary/aromatic N) is 5. The molecule has 0 radical (unpaired) electrons. The summed E-state index contributed by atoms with van der Waals surface area (Å²) in [6, 6.07) is 0. The van der Waals surface area contributed by atoms with E-state index in [1.54, 1.807) is 0 Å². The Morgan fingerprint density at radius 1 is 0.677 bits per heavy atom. The second kappa shape index (κ2) is 49.0. The van der Waals surface area contributed by atoms with Crippen LogP contribution < -0.4 is 16.4 Å². The number of Topliss-reactive ketones (excluding diaryl/α,β-unsaturated/α-hetero) is 1. The lowest BCUT2D eigenvalue weighted by Crippen LogP contribution is -2.46. The van der Waals surface area contributed by atoms with Gasteiger partial charge in [-0.3, -0.25) is 47.0 Å². The summed E-state index contributed by atoms with van der Waals surface area (Å²) in [4.78, 5) is 116. The maximum atomic E-state index is 13.0. The van der Waals surface area contributed by atoms with Crippen LogP contribution in [0.5, 0.6) is 0 Å². The third kappa shape index (κ3) is 37.0. The summed E-state index contributed by atoms with van der Waals surface area (Å²) < 4.78 is 128. The zero-order chi connectivity index (χ0) is 72.4. The minimum atomic E-state index is -5.63. The number of anilines is 1. The third-order valence-electron chi connectivity index (χ3n) is 13.8. The molecule has 2 saturated heterocycles. The van der Waals surface area contributed by atoms with Crippen LogP contribution in [0.15, 0.2) is 12.7 Å². The number of aliphatic hydroxyl groups is 2. The van der Waals surface area contributed by atoms with Crippen molar-refractivity contribution in [1.82, 2.24) is 35.1 Å². The van der Waals surface area contributed by atoms with E-state index >= 15 is 0 Å². The minimum Gasteiger partial charge on any atom is -0.386 e. The number of imide groups is 1. The number of nitrogens with one attached hydrogen (secondary N) is 2. The highest BCUT2D eigenvalue weighted by molar-refractivity contribution is 8.00. The number of nitrogens with two attached hydrogens (primary N) is 1. The normalized spacial score (nSPS) is 19.1. The number of likely N-dealkylation sites (tertiary alicyclic amines) is 1. The number of imidazole rings is 1. The number of hydrogen-bond donors (Lipinski definition) is 9. The number of carbonyl (C=O) groups is 5. The number of phosphoric acid groups is 3. The fourth-order valence-corrected chi connectivity index (χ4v) is 12.6. The molecule has 0 aliphatic carbocycles. The lowest BCUT2D eigenvalue weighted by atomic mass is 9.87. The molecule has 4 amide bonds. The van der Waals surface area contributed by atoms with E-state index in [0.29, 0.717) is 139 Å². The number of phosphoric ester groups is 3. The molecule has 4 unspecified atom stereocenters. The van der Waals surface area contributed by atoms with Gasteiger partial charge in [-0.2, -0.15) is 4.31 Å². The number of rotatable bonds is 62. The van der Waals surface area contributed by atoms with E-state index in [9.17, 15) is 67.5 Å². The number of nitrogen functional groups attached to an aromatic ring is 1. The summed E-state index contributed by atoms with van der Waals surface area (Å²) in [6.07, 6.45) is -5.66. The summed E-state index contributed by atoms with van der Waals surface area (Å²) >= 11 is 1.17. The van der Waals surface area contributed by atoms with Crippen molar-refractivity contribution in [2.24, 2.45) is 5.41 Å². The van der Waals surface area contributed by atoms with Gasteiger partial charge in [0.1, 0.15) is 42.0 Å². The molecule has 0 aromatic carbocycles. The van der Waals surface area contributed by atoms with E-state index in [1.807, 2.05) is 0 Å². The molecule has 0 spiro atoms. The number of amides is 4. The van der Waals surface area contributed by atoms with Crippen LogP contribution in [0.3, 0.4) is 0 Å². The Morgan fingerprint density at radius 3 is 1.66 bits per heavy atom. The van der Waals surface area contributed by atoms with Gasteiger partial charge in [0.2, 0.25) is 23.6 Å². The van der Waals surface area contributed by atoms with Crippen LogP contribution in [0.2, 0.25) is 0 Å². The Bertz CT molecular complexity index is 2800. The summed E-state index contributed by atoms with van der Waals surface area (Å²) in [5.41, 5.74) is 4.19. The van der Waals surface area contributed by atoms with Gasteiger partial charge >= 0.3 is 23.5 Å². The topological polar surface area (TPSA) is 512 Å². The Balaban J connectivity index is 0.908. The van der Waals surface area contributed by atoms with E-state index in [-0.39, 0.29) is 99.4 Å². The Hall–Kier alpha value is -3.78. The van der Waals surface area contributed by atoms with Crippen LogP contribution in [0.25, 0.3) is 11.2 Å². The highest BCUT2D eigenvalue weighted by atomic mass is 32.2. The molecule has 570 valence electrons. The van der Waals surface area contributed by atoms with E-state index < -0.39 is 95.7 Å². The minimum absolute atomic E-state index is 0.0120. The van der Waals surface area contributed by atoms with Crippen LogP contribution in [0, 0.1) is 5.41 Å². The van der Waals surface area contributed by atoms with Crippen LogP contribution in [-0.2, 0) is 117 Å². The van der Waals surface area contributed by atoms with E-state index in [4.69, 9.17) is 76.4 Å². The average molecular weight is 1510 g/mol. The van der Waals surface area contributed by atoms with Gasteiger partial charge < -0.3 is 108 Å². The van der Waals surface area contributed by atoms with Gasteiger partial charge in [0.15, 0.2) is 17.7 Å². The summed E-state index contributed by atoms with van der Waals surface area (Å²) in [5.74, 6) is -2.19. The van der Waals surface area contributed by atoms with Crippen LogP contribution in [-0.4, -0.2) is 310 Å². The molecular formula is C56H99N8O31P3S. The number of hydrogen-bond acceptors (Lipinski definition) is 32. The quantitative estimate of drug-likeness (QED) is 0.0231. The predicted octanol–water partition coefficient (Wildman–Crippen LogP) is -0.386. The van der Waals surface area contributed by atoms with E-state index in [1.165, 1.54) is 25.6 Å². The third-order valence-corrected chi connectivity index (χ3v) is 18.1. The van der Waals surface area contributed by atoms with Crippen molar-refractivity contribution in [3.05, 3.63) is 12.7 Å². The van der Waals surface area contributed by atoms with Crippen LogP contribution in [0.4, 0.5) is 5.82 Å². The fraction of sp³-hybridized carbons (Fsp3) is 0.821. The molecule has 0 saturated carbocycles. The molecule has 39 nitrogen and oxygen atoms in total. The number of carbonyl (C=O) groups excluding carboxylic acids is 5. The first-order valence-corrected chi connectivity index (χ1v) is 37.7. The smallest absolute Gasteiger partial charge is 0.386 e. The lowest BCUT2D eigenvalue weighted by Gasteiger charge is -2.30. The predicted molar refractivity (Wildman–Crippen MR) is 346 cm³/mol. The Morgan fingerprint density at radius 2 is 1.16 bits per heavy atom. The van der Waals surface area contributed by atoms with Gasteiger partial charge in [0, 0.05) is 63.1 Å². The highest BCUT2D eigenvalue weighted by Crippen LogP contribution is 2.61. The first kappa shape index (κ1) is 87.6. The van der Waals surface area contributed by atoms with Crippen molar-refractivity contribution in [3.63, 3.8) is 0 Å². The molecule has 10 N–H and O–H groups in total. The standard InChI is InChI=1S/C56H99N8O31P3S/c1-4-12-79-14-16-81-18-20-83-22-24-85-26-28-87-30-32-89-34-35-90-33-31-88-29-27-86-25-23-84-21-19-82-17-15-80-13-8-42(65)6-5-11-63-46(67)37-44(54(63)71)99-36-10-58-45(66)7-9-59-53(70)50(69)56(2,3)39-92-98(77,78)95-97(75,76)91-38-43-49(94-96(72,73)74)48(68)55(93-43)64-41-62-47-51(57)60-40-61-52(47)64/h40-41,43-44,48-50,55,68-69H,4-39H2,1-3H3,(H,58,66)(H,59,70)(H,75,76)(H,77,78)(H2,57,60,61)(H2,72,73,74)/t43-,44?,48+,49?,50+,55-/m1/s1. The number of ether oxygens (including phenoxy) is 13. The zero-order valence-electron chi connectivity index (χ0n) is 56.0. The molecule has 8 atom stereocenters. The molecule has 2 aromatic heterocycles. The van der Waals surface area contributed by atoms with Crippen LogP contribution >= 0.6 is 35.2 Å². The molecule has 2 aliphatic heterocycles. The molecule has 2 aromatic rings. The molecule has 43 heteroatoms. The molecule has 99 heavy (non-hydrogen) atoms. The summed E-state index contributed by atoms with van der Waals surface area (Å²) in [7, 11) is -16.6. The molecule has 0 bridgehead atoms. The van der Waals surface area contributed by atoms with Crippen molar-refractivity contribution in [2.75, 3.05) is 203 Å². The number of aliphatic hydroxyl groups excluding tert-OH is 2. The highest BCUT2D eigenvalue weighted by Gasteiger charge is 2.50. The Kier molecular flexibility index (Phi) is 43.4. The number of fused-ring (bicyclic) bond motifs is 1. The monoisotopic (exact) mass is 1500 g/mol. The van der Waals surface area contributed by atoms with Gasteiger partial charge in [-0.15, -0.1) is 11.8 Å². The van der Waals surface area contributed by atoms with E-state index in [2.05, 4.69) is 41.3 Å². The van der Waals surface area contributed by atoms with Crippen molar-refractivity contribution < 1.29 is 147 Å². The molecular weight excluding hydrogens is 1410 g/mol. The van der Waals surface area contributed by atoms with Gasteiger partial charge in [0.25, 0.3) is 0 Å². The molecule has 4 heterocycles. The first-order chi connectivity index (χ1) is 47.3. The maximum absolute atomic E-state index is 13.0. The zero-order valence-corrected chi connectivity index (χ0v) is 59.5. The Labute approximate surface area is 577 Å². The van der Waals surface area contributed by atoms with Gasteiger partial charge in [-0.1, -0.05) is 20.8 Å². The van der Waals surface area contributed by atoms with Gasteiger partial charge in [0.05, 0.1) is 177 Å². The van der Waals surface area contributed by atoms with Crippen molar-refractivity contribution in [3.8, 4) is 0 Å². The van der Waals surface area contributed by atoms with Crippen molar-refractivity contribution in [1.29, 1.82) is 0 Å². The number of ketones is 1. The van der Waals surface area contributed by atoms with Gasteiger partial charge in [-0.05, 0) is 12.8 Å². The lowest BCUT2D eigenvalue weighted by molar-refractivity contribution is -0.139. The fourth-order valence-electron chi connectivity index (χ4n) is 8.76. The first-order valence-electron chi connectivity index (χ1n) is 32.1. The van der Waals surface area contributed by atoms with Crippen molar-refractivity contribution in [2.45, 2.75) is 95.2 Å². The molecule has 4 rings (SSSR count). The molecule has 2 fully saturated rings. The SMILES string of the molecule is CCCOCCOCCOCCOCCOCCOCCOCCOCCOCCOCCOCCOCCC(=O)CCCN1C(=O)CC(SCCNC(=O)CCNC(=O)[C@H](O)C(C)(C)COP(=O)(O)OP(=O)(O)OC[C@H]2O[C@@H](n3cnc4c(N)ncnc43)[C@@H](O)C2OP(=O)(O)O)C1=O. The summed E-state index contributed by atoms with van der Waals surface area (Å²) in [5, 5.41) is 26.0. The van der Waals surface area contributed by atoms with Gasteiger partial charge in [-0.25, -0.2) is 28.6 Å². The van der Waals surface area contributed by atoms with Crippen LogP contribution in [0.1, 0.15) is 65.5 Å². The van der Waals surface area contributed by atoms with Crippen molar-refractivity contribution >= 4 is 81.6 Å². The largest absolute Gasteiger partial charge is 0.481 e. The number of thioether (sulfide) groups is 1. The average Bonchev–Trinajstić information content (AvgIpc) is 1.62. The number of aromatic nitrogens is 4. The molecule has 2 aliphatic rings. The summed E-state index contributed by atoms with van der Waals surface area (Å²) in [6.45, 7) is 13.1. The maximum Gasteiger partial charge on any atom is 0.481 e. The second-order valence-electron chi connectivity index (χ2n) is 22.3. The van der Waals surface area contributed by atoms with E-state index in [0.717, 1.165) is 35.1 Å². The second-order valence-corrected chi connectivity index (χ2v) is 27.8.